The highest BCUT2D eigenvalue weighted by atomic mass is 16.5. The number of rotatable bonds is 11. The van der Waals surface area contributed by atoms with Crippen molar-refractivity contribution in [2.45, 2.75) is 46.1 Å². The maximum absolute atomic E-state index is 13.8. The van der Waals surface area contributed by atoms with Crippen LogP contribution in [0.3, 0.4) is 0 Å². The molecule has 1 aliphatic rings. The molecule has 0 aliphatic carbocycles. The summed E-state index contributed by atoms with van der Waals surface area (Å²) in [7, 11) is 1.54. The van der Waals surface area contributed by atoms with Crippen molar-refractivity contribution < 1.29 is 23.8 Å². The van der Waals surface area contributed by atoms with Crippen LogP contribution in [-0.2, 0) is 4.79 Å². The molecule has 1 atom stereocenters. The number of hydrogen-bond acceptors (Lipinski definition) is 6. The molecule has 196 valence electrons. The summed E-state index contributed by atoms with van der Waals surface area (Å²) < 4.78 is 11.3. The van der Waals surface area contributed by atoms with E-state index in [0.717, 1.165) is 37.2 Å². The molecule has 2 aromatic carbocycles. The Kier molecular flexibility index (Phi) is 8.03. The third-order valence-electron chi connectivity index (χ3n) is 7.19. The molecule has 0 spiro atoms. The topological polar surface area (TPSA) is 83.2 Å². The molecule has 7 heteroatoms. The van der Waals surface area contributed by atoms with Crippen LogP contribution in [-0.4, -0.2) is 59.9 Å². The van der Waals surface area contributed by atoms with E-state index in [1.165, 1.54) is 7.11 Å². The van der Waals surface area contributed by atoms with Crippen LogP contribution in [0.5, 0.6) is 5.75 Å². The number of ketones is 1. The molecule has 37 heavy (non-hydrogen) atoms. The molecule has 0 saturated carbocycles. The van der Waals surface area contributed by atoms with Crippen LogP contribution in [0.1, 0.15) is 67.8 Å². The third-order valence-corrected chi connectivity index (χ3v) is 7.19. The Morgan fingerprint density at radius 3 is 2.46 bits per heavy atom. The van der Waals surface area contributed by atoms with Crippen molar-refractivity contribution in [1.82, 2.24) is 9.80 Å². The Bertz CT molecular complexity index is 1300. The summed E-state index contributed by atoms with van der Waals surface area (Å²) in [6.07, 6.45) is 0.727. The largest absolute Gasteiger partial charge is 0.503 e. The van der Waals surface area contributed by atoms with E-state index in [1.54, 1.807) is 17.0 Å². The lowest BCUT2D eigenvalue weighted by Crippen LogP contribution is -2.34. The highest BCUT2D eigenvalue weighted by Gasteiger charge is 2.44. The molecule has 0 fully saturated rings. The zero-order valence-corrected chi connectivity index (χ0v) is 22.3. The van der Waals surface area contributed by atoms with Gasteiger partial charge in [-0.3, -0.25) is 9.59 Å². The van der Waals surface area contributed by atoms with E-state index in [4.69, 9.17) is 9.15 Å². The highest BCUT2D eigenvalue weighted by Crippen LogP contribution is 2.40. The van der Waals surface area contributed by atoms with Crippen LogP contribution < -0.4 is 4.74 Å². The number of para-hydroxylation sites is 1. The normalized spacial score (nSPS) is 16.0. The summed E-state index contributed by atoms with van der Waals surface area (Å²) in [6.45, 7) is 11.5. The molecule has 2 heterocycles. The molecular formula is C30H36N2O5. The first-order chi connectivity index (χ1) is 17.8. The number of aliphatic hydroxyl groups is 1. The predicted molar refractivity (Wildman–Crippen MR) is 144 cm³/mol. The summed E-state index contributed by atoms with van der Waals surface area (Å²) in [6, 6.07) is 14.2. The van der Waals surface area contributed by atoms with Crippen LogP contribution >= 0.6 is 0 Å². The Labute approximate surface area is 218 Å². The summed E-state index contributed by atoms with van der Waals surface area (Å²) in [4.78, 5) is 31.0. The van der Waals surface area contributed by atoms with Gasteiger partial charge in [0.25, 0.3) is 5.91 Å². The van der Waals surface area contributed by atoms with Crippen molar-refractivity contribution in [2.75, 3.05) is 33.3 Å². The van der Waals surface area contributed by atoms with Gasteiger partial charge in [-0.1, -0.05) is 64.1 Å². The first kappa shape index (κ1) is 26.5. The van der Waals surface area contributed by atoms with E-state index in [1.807, 2.05) is 36.4 Å². The van der Waals surface area contributed by atoms with Crippen LogP contribution in [0, 0.1) is 0 Å². The van der Waals surface area contributed by atoms with E-state index in [9.17, 15) is 14.7 Å². The minimum atomic E-state index is -0.701. The summed E-state index contributed by atoms with van der Waals surface area (Å²) >= 11 is 0. The van der Waals surface area contributed by atoms with Gasteiger partial charge in [0.05, 0.1) is 18.7 Å². The van der Waals surface area contributed by atoms with E-state index >= 15 is 0 Å². The highest BCUT2D eigenvalue weighted by molar-refractivity contribution is 6.16. The van der Waals surface area contributed by atoms with Crippen LogP contribution in [0.4, 0.5) is 0 Å². The third kappa shape index (κ3) is 5.14. The number of amides is 1. The predicted octanol–water partition coefficient (Wildman–Crippen LogP) is 5.88. The quantitative estimate of drug-likeness (QED) is 0.329. The lowest BCUT2D eigenvalue weighted by Gasteiger charge is -2.28. The Balaban J connectivity index is 1.72. The lowest BCUT2D eigenvalue weighted by molar-refractivity contribution is -0.129. The first-order valence-corrected chi connectivity index (χ1v) is 13.0. The van der Waals surface area contributed by atoms with Crippen molar-refractivity contribution in [3.05, 3.63) is 76.8 Å². The standard InChI is InChI=1S/C30H36N2O5/c1-6-31(7-2)16-9-17-32-26(21-14-12-20(13-15-21)19(3)4)25(28(34)30(32)35)27(33)24-18-22-10-8-11-23(36-5)29(22)37-24/h8,10-15,18-19,26,34H,6-7,9,16-17H2,1-5H3/t26-/m1/s1. The van der Waals surface area contributed by atoms with Gasteiger partial charge in [-0.2, -0.15) is 0 Å². The number of carbonyl (C=O) groups is 2. The number of hydrogen-bond donors (Lipinski definition) is 1. The fourth-order valence-corrected chi connectivity index (χ4v) is 4.97. The van der Waals surface area contributed by atoms with Gasteiger partial charge in [0, 0.05) is 11.9 Å². The number of Topliss-reactive ketones (excluding diaryl/α,β-unsaturated/α-hetero) is 1. The summed E-state index contributed by atoms with van der Waals surface area (Å²) in [5, 5.41) is 11.7. The van der Waals surface area contributed by atoms with Crippen LogP contribution in [0.15, 0.2) is 64.3 Å². The molecule has 4 rings (SSSR count). The van der Waals surface area contributed by atoms with Gasteiger partial charge in [-0.25, -0.2) is 0 Å². The van der Waals surface area contributed by atoms with Gasteiger partial charge >= 0.3 is 0 Å². The zero-order chi connectivity index (χ0) is 26.7. The molecule has 1 aromatic heterocycles. The van der Waals surface area contributed by atoms with Gasteiger partial charge < -0.3 is 24.1 Å². The van der Waals surface area contributed by atoms with Crippen molar-refractivity contribution >= 4 is 22.7 Å². The van der Waals surface area contributed by atoms with Gasteiger partial charge in [0.15, 0.2) is 22.9 Å². The molecular weight excluding hydrogens is 468 g/mol. The number of fused-ring (bicyclic) bond motifs is 1. The van der Waals surface area contributed by atoms with Crippen molar-refractivity contribution in [3.63, 3.8) is 0 Å². The monoisotopic (exact) mass is 504 g/mol. The molecule has 0 bridgehead atoms. The van der Waals surface area contributed by atoms with Crippen LogP contribution in [0.2, 0.25) is 0 Å². The summed E-state index contributed by atoms with van der Waals surface area (Å²) in [5.41, 5.74) is 2.43. The van der Waals surface area contributed by atoms with Crippen molar-refractivity contribution in [2.24, 2.45) is 0 Å². The molecule has 1 N–H and O–H groups in total. The fourth-order valence-electron chi connectivity index (χ4n) is 4.97. The number of aliphatic hydroxyl groups excluding tert-OH is 1. The lowest BCUT2D eigenvalue weighted by atomic mass is 9.93. The second kappa shape index (κ2) is 11.2. The molecule has 0 radical (unpaired) electrons. The van der Waals surface area contributed by atoms with E-state index in [2.05, 4.69) is 32.6 Å². The van der Waals surface area contributed by atoms with Crippen LogP contribution in [0.25, 0.3) is 11.0 Å². The minimum Gasteiger partial charge on any atom is -0.503 e. The molecule has 0 saturated heterocycles. The minimum absolute atomic E-state index is 0.0446. The number of methoxy groups -OCH3 is 1. The summed E-state index contributed by atoms with van der Waals surface area (Å²) in [5.74, 6) is -0.639. The van der Waals surface area contributed by atoms with E-state index in [0.29, 0.717) is 29.2 Å². The Morgan fingerprint density at radius 2 is 1.84 bits per heavy atom. The Morgan fingerprint density at radius 1 is 1.14 bits per heavy atom. The van der Waals surface area contributed by atoms with Crippen molar-refractivity contribution in [3.8, 4) is 5.75 Å². The van der Waals surface area contributed by atoms with Crippen molar-refractivity contribution in [1.29, 1.82) is 0 Å². The van der Waals surface area contributed by atoms with E-state index in [-0.39, 0.29) is 11.3 Å². The zero-order valence-electron chi connectivity index (χ0n) is 22.3. The van der Waals surface area contributed by atoms with E-state index < -0.39 is 23.5 Å². The average molecular weight is 505 g/mol. The van der Waals surface area contributed by atoms with Gasteiger partial charge in [-0.05, 0) is 55.2 Å². The molecule has 1 amide bonds. The number of ether oxygens (including phenoxy) is 1. The van der Waals surface area contributed by atoms with Gasteiger partial charge in [0.1, 0.15) is 0 Å². The molecule has 7 nitrogen and oxygen atoms in total. The average Bonchev–Trinajstić information content (AvgIpc) is 3.45. The number of furan rings is 1. The fraction of sp³-hybridized carbons (Fsp3) is 0.400. The maximum atomic E-state index is 13.8. The second-order valence-corrected chi connectivity index (χ2v) is 9.68. The maximum Gasteiger partial charge on any atom is 0.290 e. The first-order valence-electron chi connectivity index (χ1n) is 13.0. The SMILES string of the molecule is CCN(CC)CCCN1C(=O)C(O)=C(C(=O)c2cc3cccc(OC)c3o2)[C@H]1c1ccc(C(C)C)cc1. The van der Waals surface area contributed by atoms with Gasteiger partial charge in [0.2, 0.25) is 5.78 Å². The molecule has 0 unspecified atom stereocenters. The smallest absolute Gasteiger partial charge is 0.290 e. The number of carbonyl (C=O) groups excluding carboxylic acids is 2. The number of nitrogens with zero attached hydrogens (tertiary/aromatic N) is 2. The van der Waals surface area contributed by atoms with Gasteiger partial charge in [-0.15, -0.1) is 0 Å². The Hall–Kier alpha value is -3.58. The second-order valence-electron chi connectivity index (χ2n) is 9.68. The molecule has 1 aliphatic heterocycles. The molecule has 3 aromatic rings. The number of benzene rings is 2.